The van der Waals surface area contributed by atoms with Crippen molar-refractivity contribution in [2.24, 2.45) is 0 Å². The third-order valence-corrected chi connectivity index (χ3v) is 4.71. The molecule has 1 amide bonds. The van der Waals surface area contributed by atoms with Crippen LogP contribution in [0, 0.1) is 0 Å². The van der Waals surface area contributed by atoms with Gasteiger partial charge < -0.3 is 10.1 Å². The van der Waals surface area contributed by atoms with E-state index in [1.807, 2.05) is 44.2 Å². The number of benzene rings is 2. The molecule has 0 atom stereocenters. The zero-order valence-electron chi connectivity index (χ0n) is 14.8. The zero-order chi connectivity index (χ0) is 18.8. The van der Waals surface area contributed by atoms with Crippen LogP contribution in [0.3, 0.4) is 0 Å². The fourth-order valence-electron chi connectivity index (χ4n) is 2.50. The molecule has 0 saturated carbocycles. The SMILES string of the molecule is CC(C)c1nnc2sc(C(=O)Nc3ccc(Oc4ccccc4)cc3)nn12. The van der Waals surface area contributed by atoms with Crippen LogP contribution < -0.4 is 10.1 Å². The normalized spacial score (nSPS) is 11.1. The van der Waals surface area contributed by atoms with Crippen LogP contribution in [0.5, 0.6) is 11.5 Å². The molecule has 2 aromatic carbocycles. The zero-order valence-corrected chi connectivity index (χ0v) is 15.6. The van der Waals surface area contributed by atoms with E-state index >= 15 is 0 Å². The minimum Gasteiger partial charge on any atom is -0.457 e. The van der Waals surface area contributed by atoms with E-state index in [0.29, 0.717) is 21.4 Å². The summed E-state index contributed by atoms with van der Waals surface area (Å²) in [7, 11) is 0. The molecule has 8 heteroatoms. The number of ether oxygens (including phenoxy) is 1. The maximum atomic E-state index is 12.5. The van der Waals surface area contributed by atoms with Crippen LogP contribution in [0.4, 0.5) is 5.69 Å². The average molecular weight is 379 g/mol. The molecule has 2 aromatic heterocycles. The topological polar surface area (TPSA) is 81.4 Å². The predicted octanol–water partition coefficient (Wildman–Crippen LogP) is 4.35. The second kappa shape index (κ2) is 7.16. The summed E-state index contributed by atoms with van der Waals surface area (Å²) in [5, 5.41) is 15.7. The van der Waals surface area contributed by atoms with Crippen LogP contribution in [-0.4, -0.2) is 25.7 Å². The average Bonchev–Trinajstić information content (AvgIpc) is 3.25. The van der Waals surface area contributed by atoms with E-state index in [9.17, 15) is 4.79 Å². The summed E-state index contributed by atoms with van der Waals surface area (Å²) in [6, 6.07) is 16.7. The van der Waals surface area contributed by atoms with Gasteiger partial charge in [-0.05, 0) is 36.4 Å². The van der Waals surface area contributed by atoms with Crippen molar-refractivity contribution in [3.63, 3.8) is 0 Å². The van der Waals surface area contributed by atoms with Gasteiger partial charge in [-0.25, -0.2) is 0 Å². The number of amides is 1. The summed E-state index contributed by atoms with van der Waals surface area (Å²) in [5.41, 5.74) is 0.662. The fraction of sp³-hybridized carbons (Fsp3) is 0.158. The molecule has 27 heavy (non-hydrogen) atoms. The summed E-state index contributed by atoms with van der Waals surface area (Å²) in [6.45, 7) is 4.02. The van der Waals surface area contributed by atoms with Gasteiger partial charge in [0.25, 0.3) is 5.91 Å². The van der Waals surface area contributed by atoms with E-state index in [1.165, 1.54) is 11.3 Å². The van der Waals surface area contributed by atoms with Crippen molar-refractivity contribution in [1.82, 2.24) is 19.8 Å². The first kappa shape index (κ1) is 17.2. The third-order valence-electron chi connectivity index (χ3n) is 3.82. The van der Waals surface area contributed by atoms with Gasteiger partial charge in [-0.3, -0.25) is 4.79 Å². The van der Waals surface area contributed by atoms with Crippen molar-refractivity contribution in [1.29, 1.82) is 0 Å². The Morgan fingerprint density at radius 3 is 2.44 bits per heavy atom. The molecule has 0 aliphatic carbocycles. The van der Waals surface area contributed by atoms with Gasteiger partial charge in [0.05, 0.1) is 0 Å². The van der Waals surface area contributed by atoms with Gasteiger partial charge in [0, 0.05) is 11.6 Å². The van der Waals surface area contributed by atoms with Gasteiger partial charge in [-0.15, -0.1) is 15.3 Å². The molecule has 7 nitrogen and oxygen atoms in total. The standard InChI is InChI=1S/C19H17N5O2S/c1-12(2)16-21-22-19-24(16)23-18(27-19)17(25)20-13-8-10-15(11-9-13)26-14-6-4-3-5-7-14/h3-12H,1-2H3,(H,20,25). The van der Waals surface area contributed by atoms with Gasteiger partial charge in [-0.2, -0.15) is 4.52 Å². The third kappa shape index (κ3) is 3.65. The number of fused-ring (bicyclic) bond motifs is 1. The smallest absolute Gasteiger partial charge is 0.286 e. The van der Waals surface area contributed by atoms with Crippen molar-refractivity contribution >= 4 is 27.9 Å². The van der Waals surface area contributed by atoms with E-state index in [-0.39, 0.29) is 11.8 Å². The first-order chi connectivity index (χ1) is 13.1. The lowest BCUT2D eigenvalue weighted by Crippen LogP contribution is -2.12. The second-order valence-electron chi connectivity index (χ2n) is 6.21. The molecule has 1 N–H and O–H groups in total. The Balaban J connectivity index is 1.46. The fourth-order valence-corrected chi connectivity index (χ4v) is 3.24. The lowest BCUT2D eigenvalue weighted by atomic mass is 10.2. The first-order valence-electron chi connectivity index (χ1n) is 8.46. The molecule has 0 fully saturated rings. The highest BCUT2D eigenvalue weighted by molar-refractivity contribution is 7.18. The molecule has 4 rings (SSSR count). The van der Waals surface area contributed by atoms with Crippen LogP contribution >= 0.6 is 11.3 Å². The number of hydrogen-bond donors (Lipinski definition) is 1. The van der Waals surface area contributed by atoms with Crippen molar-refractivity contribution in [2.75, 3.05) is 5.32 Å². The highest BCUT2D eigenvalue weighted by atomic mass is 32.1. The van der Waals surface area contributed by atoms with E-state index < -0.39 is 0 Å². The van der Waals surface area contributed by atoms with Crippen molar-refractivity contribution in [2.45, 2.75) is 19.8 Å². The predicted molar refractivity (Wildman–Crippen MR) is 104 cm³/mol. The number of para-hydroxylation sites is 1. The summed E-state index contributed by atoms with van der Waals surface area (Å²) in [5.74, 6) is 2.09. The summed E-state index contributed by atoms with van der Waals surface area (Å²) in [6.07, 6.45) is 0. The van der Waals surface area contributed by atoms with E-state index in [4.69, 9.17) is 4.74 Å². The minimum absolute atomic E-state index is 0.176. The number of carbonyl (C=O) groups excluding carboxylic acids is 1. The Labute approximate surface area is 159 Å². The Kier molecular flexibility index (Phi) is 4.55. The summed E-state index contributed by atoms with van der Waals surface area (Å²) in [4.78, 5) is 13.1. The number of rotatable bonds is 5. The maximum absolute atomic E-state index is 12.5. The molecule has 0 saturated heterocycles. The van der Waals surface area contributed by atoms with Crippen LogP contribution in [0.15, 0.2) is 54.6 Å². The lowest BCUT2D eigenvalue weighted by molar-refractivity contribution is 0.102. The van der Waals surface area contributed by atoms with E-state index in [2.05, 4.69) is 20.6 Å². The molecule has 0 aliphatic rings. The highest BCUT2D eigenvalue weighted by Gasteiger charge is 2.18. The van der Waals surface area contributed by atoms with Crippen molar-refractivity contribution < 1.29 is 9.53 Å². The molecule has 0 unspecified atom stereocenters. The number of hydrogen-bond acceptors (Lipinski definition) is 6. The molecule has 0 radical (unpaired) electrons. The number of anilines is 1. The van der Waals surface area contributed by atoms with Gasteiger partial charge in [0.1, 0.15) is 11.5 Å². The monoisotopic (exact) mass is 379 g/mol. The summed E-state index contributed by atoms with van der Waals surface area (Å²) < 4.78 is 7.37. The summed E-state index contributed by atoms with van der Waals surface area (Å²) >= 11 is 1.21. The molecule has 0 spiro atoms. The minimum atomic E-state index is -0.281. The van der Waals surface area contributed by atoms with Crippen molar-refractivity contribution in [3.05, 3.63) is 65.4 Å². The number of carbonyl (C=O) groups is 1. The highest BCUT2D eigenvalue weighted by Crippen LogP contribution is 2.24. The molecular weight excluding hydrogens is 362 g/mol. The van der Waals surface area contributed by atoms with E-state index in [0.717, 1.165) is 11.6 Å². The lowest BCUT2D eigenvalue weighted by Gasteiger charge is -2.07. The molecule has 4 aromatic rings. The van der Waals surface area contributed by atoms with E-state index in [1.54, 1.807) is 28.8 Å². The Morgan fingerprint density at radius 1 is 1.04 bits per heavy atom. The first-order valence-corrected chi connectivity index (χ1v) is 9.28. The van der Waals surface area contributed by atoms with Gasteiger partial charge in [0.2, 0.25) is 9.97 Å². The quantitative estimate of drug-likeness (QED) is 0.557. The second-order valence-corrected chi connectivity index (χ2v) is 7.16. The van der Waals surface area contributed by atoms with Crippen LogP contribution in [0.25, 0.3) is 4.96 Å². The van der Waals surface area contributed by atoms with Crippen LogP contribution in [0.2, 0.25) is 0 Å². The molecular formula is C19H17N5O2S. The largest absolute Gasteiger partial charge is 0.457 e. The van der Waals surface area contributed by atoms with Gasteiger partial charge >= 0.3 is 0 Å². The molecule has 0 bridgehead atoms. The Morgan fingerprint density at radius 2 is 1.74 bits per heavy atom. The van der Waals surface area contributed by atoms with Gasteiger partial charge in [0.15, 0.2) is 5.82 Å². The number of aromatic nitrogens is 4. The van der Waals surface area contributed by atoms with Gasteiger partial charge in [-0.1, -0.05) is 43.4 Å². The number of nitrogens with zero attached hydrogens (tertiary/aromatic N) is 4. The van der Waals surface area contributed by atoms with Crippen LogP contribution in [-0.2, 0) is 0 Å². The molecule has 0 aliphatic heterocycles. The Bertz CT molecular complexity index is 1070. The number of nitrogens with one attached hydrogen (secondary N) is 1. The van der Waals surface area contributed by atoms with Crippen LogP contribution in [0.1, 0.15) is 35.4 Å². The maximum Gasteiger partial charge on any atom is 0.286 e. The molecule has 136 valence electrons. The Hall–Kier alpha value is -3.26. The molecule has 2 heterocycles. The van der Waals surface area contributed by atoms with Crippen molar-refractivity contribution in [3.8, 4) is 11.5 Å².